The van der Waals surface area contributed by atoms with E-state index >= 15 is 0 Å². The number of alkyl halides is 1. The second-order valence-corrected chi connectivity index (χ2v) is 7.17. The van der Waals surface area contributed by atoms with Gasteiger partial charge >= 0.3 is 0 Å². The van der Waals surface area contributed by atoms with Crippen molar-refractivity contribution < 1.29 is 0 Å². The highest BCUT2D eigenvalue weighted by molar-refractivity contribution is 9.11. The minimum absolute atomic E-state index is 0.394. The summed E-state index contributed by atoms with van der Waals surface area (Å²) in [5.74, 6) is 0. The Labute approximate surface area is 109 Å². The molecule has 1 aliphatic rings. The Bertz CT molecular complexity index is 315. The van der Waals surface area contributed by atoms with Crippen molar-refractivity contribution in [3.8, 4) is 0 Å². The first-order valence-electron chi connectivity index (χ1n) is 5.34. The molecule has 1 fully saturated rings. The minimum Gasteiger partial charge on any atom is -0.298 e. The van der Waals surface area contributed by atoms with Crippen molar-refractivity contribution in [2.75, 3.05) is 13.1 Å². The normalized spacial score (nSPS) is 24.0. The smallest absolute Gasteiger partial charge is 0.0701 e. The molecule has 2 rings (SSSR count). The molecule has 1 unspecified atom stereocenters. The maximum atomic E-state index is 6.16. The van der Waals surface area contributed by atoms with Gasteiger partial charge in [-0.1, -0.05) is 0 Å². The van der Waals surface area contributed by atoms with E-state index in [-0.39, 0.29) is 0 Å². The van der Waals surface area contributed by atoms with Gasteiger partial charge in [0.1, 0.15) is 0 Å². The maximum absolute atomic E-state index is 6.16. The number of halogens is 2. The molecular formula is C11H15BrClNS. The van der Waals surface area contributed by atoms with Crippen LogP contribution in [0.5, 0.6) is 0 Å². The zero-order chi connectivity index (χ0) is 10.7. The van der Waals surface area contributed by atoms with Crippen molar-refractivity contribution in [1.82, 2.24) is 4.90 Å². The summed E-state index contributed by atoms with van der Waals surface area (Å²) in [5.41, 5.74) is 0. The van der Waals surface area contributed by atoms with Gasteiger partial charge in [-0.25, -0.2) is 0 Å². The molecule has 2 heterocycles. The Morgan fingerprint density at radius 1 is 1.40 bits per heavy atom. The lowest BCUT2D eigenvalue weighted by Gasteiger charge is -2.18. The first-order valence-corrected chi connectivity index (χ1v) is 7.39. The number of hydrogen-bond donors (Lipinski definition) is 0. The van der Waals surface area contributed by atoms with Crippen molar-refractivity contribution in [2.45, 2.75) is 31.2 Å². The van der Waals surface area contributed by atoms with Gasteiger partial charge in [0, 0.05) is 16.8 Å². The number of thiophene rings is 1. The molecule has 1 aromatic rings. The molecule has 1 saturated heterocycles. The quantitative estimate of drug-likeness (QED) is 0.743. The third kappa shape index (κ3) is 3.74. The molecule has 0 aliphatic carbocycles. The van der Waals surface area contributed by atoms with Crippen molar-refractivity contribution in [1.29, 1.82) is 0 Å². The van der Waals surface area contributed by atoms with Gasteiger partial charge in [-0.05, 0) is 60.4 Å². The standard InChI is InChI=1S/C11H15BrClNS/c12-11-4-3-10(15-11)8-14-6-1-2-9(13)5-7-14/h3-4,9H,1-2,5-8H2. The molecule has 0 bridgehead atoms. The van der Waals surface area contributed by atoms with Gasteiger partial charge in [-0.15, -0.1) is 22.9 Å². The van der Waals surface area contributed by atoms with Crippen LogP contribution in [0, 0.1) is 0 Å². The molecule has 4 heteroatoms. The predicted octanol–water partition coefficient (Wildman–Crippen LogP) is 4.10. The molecule has 84 valence electrons. The Morgan fingerprint density at radius 2 is 2.27 bits per heavy atom. The monoisotopic (exact) mass is 307 g/mol. The lowest BCUT2D eigenvalue weighted by molar-refractivity contribution is 0.279. The van der Waals surface area contributed by atoms with Gasteiger partial charge in [0.05, 0.1) is 3.79 Å². The van der Waals surface area contributed by atoms with Gasteiger partial charge in [0.2, 0.25) is 0 Å². The summed E-state index contributed by atoms with van der Waals surface area (Å²) in [6, 6.07) is 4.33. The number of rotatable bonds is 2. The molecule has 0 radical (unpaired) electrons. The highest BCUT2D eigenvalue weighted by atomic mass is 79.9. The Hall–Kier alpha value is 0.430. The summed E-state index contributed by atoms with van der Waals surface area (Å²) in [5, 5.41) is 0.394. The van der Waals surface area contributed by atoms with Gasteiger partial charge < -0.3 is 0 Å². The molecule has 15 heavy (non-hydrogen) atoms. The summed E-state index contributed by atoms with van der Waals surface area (Å²) in [7, 11) is 0. The summed E-state index contributed by atoms with van der Waals surface area (Å²) >= 11 is 11.5. The van der Waals surface area contributed by atoms with Crippen LogP contribution < -0.4 is 0 Å². The van der Waals surface area contributed by atoms with E-state index in [2.05, 4.69) is 33.0 Å². The van der Waals surface area contributed by atoms with Crippen LogP contribution in [-0.4, -0.2) is 23.4 Å². The van der Waals surface area contributed by atoms with Crippen molar-refractivity contribution in [3.63, 3.8) is 0 Å². The van der Waals surface area contributed by atoms with Crippen LogP contribution in [0.15, 0.2) is 15.9 Å². The van der Waals surface area contributed by atoms with Crippen LogP contribution in [-0.2, 0) is 6.54 Å². The molecule has 0 saturated carbocycles. The Balaban J connectivity index is 1.88. The maximum Gasteiger partial charge on any atom is 0.0701 e. The number of likely N-dealkylation sites (tertiary alicyclic amines) is 1. The fourth-order valence-electron chi connectivity index (χ4n) is 1.93. The molecule has 0 N–H and O–H groups in total. The Morgan fingerprint density at radius 3 is 3.00 bits per heavy atom. The van der Waals surface area contributed by atoms with Crippen LogP contribution in [0.25, 0.3) is 0 Å². The molecule has 1 nitrogen and oxygen atoms in total. The fourth-order valence-corrected chi connectivity index (χ4v) is 3.71. The first kappa shape index (κ1) is 11.9. The molecule has 1 aromatic heterocycles. The summed E-state index contributed by atoms with van der Waals surface area (Å²) in [6.07, 6.45) is 3.54. The van der Waals surface area contributed by atoms with E-state index in [0.717, 1.165) is 19.5 Å². The summed E-state index contributed by atoms with van der Waals surface area (Å²) in [4.78, 5) is 3.95. The highest BCUT2D eigenvalue weighted by Crippen LogP contribution is 2.24. The van der Waals surface area contributed by atoms with E-state index in [0.29, 0.717) is 5.38 Å². The fraction of sp³-hybridized carbons (Fsp3) is 0.636. The van der Waals surface area contributed by atoms with Gasteiger partial charge in [0.25, 0.3) is 0 Å². The average Bonchev–Trinajstić information content (AvgIpc) is 2.48. The van der Waals surface area contributed by atoms with Crippen LogP contribution in [0.1, 0.15) is 24.1 Å². The molecule has 0 spiro atoms. The van der Waals surface area contributed by atoms with Crippen LogP contribution in [0.2, 0.25) is 0 Å². The SMILES string of the molecule is ClC1CCCN(Cc2ccc(Br)s2)CC1. The third-order valence-electron chi connectivity index (χ3n) is 2.76. The molecule has 1 aliphatic heterocycles. The molecular weight excluding hydrogens is 294 g/mol. The topological polar surface area (TPSA) is 3.24 Å². The predicted molar refractivity (Wildman–Crippen MR) is 70.8 cm³/mol. The van der Waals surface area contributed by atoms with Crippen LogP contribution >= 0.6 is 38.9 Å². The lowest BCUT2D eigenvalue weighted by atomic mass is 10.2. The third-order valence-corrected chi connectivity index (χ3v) is 4.80. The average molecular weight is 309 g/mol. The number of hydrogen-bond acceptors (Lipinski definition) is 2. The lowest BCUT2D eigenvalue weighted by Crippen LogP contribution is -2.23. The summed E-state index contributed by atoms with van der Waals surface area (Å²) in [6.45, 7) is 3.42. The van der Waals surface area contributed by atoms with Crippen molar-refractivity contribution >= 4 is 38.9 Å². The second kappa shape index (κ2) is 5.67. The van der Waals surface area contributed by atoms with Crippen molar-refractivity contribution in [3.05, 3.63) is 20.8 Å². The zero-order valence-corrected chi connectivity index (χ0v) is 11.7. The Kier molecular flexibility index (Phi) is 4.50. The second-order valence-electron chi connectivity index (χ2n) is 4.01. The van der Waals surface area contributed by atoms with Crippen LogP contribution in [0.3, 0.4) is 0 Å². The highest BCUT2D eigenvalue weighted by Gasteiger charge is 2.15. The molecule has 0 amide bonds. The summed E-state index contributed by atoms with van der Waals surface area (Å²) < 4.78 is 1.22. The van der Waals surface area contributed by atoms with E-state index in [4.69, 9.17) is 11.6 Å². The number of nitrogens with zero attached hydrogens (tertiary/aromatic N) is 1. The van der Waals surface area contributed by atoms with E-state index in [9.17, 15) is 0 Å². The minimum atomic E-state index is 0.394. The van der Waals surface area contributed by atoms with Crippen LogP contribution in [0.4, 0.5) is 0 Å². The molecule has 1 atom stereocenters. The van der Waals surface area contributed by atoms with Crippen molar-refractivity contribution in [2.24, 2.45) is 0 Å². The van der Waals surface area contributed by atoms with Gasteiger partial charge in [-0.3, -0.25) is 4.90 Å². The largest absolute Gasteiger partial charge is 0.298 e. The zero-order valence-electron chi connectivity index (χ0n) is 8.59. The van der Waals surface area contributed by atoms with E-state index in [1.165, 1.54) is 28.0 Å². The first-order chi connectivity index (χ1) is 7.24. The van der Waals surface area contributed by atoms with E-state index in [1.807, 2.05) is 11.3 Å². The van der Waals surface area contributed by atoms with Gasteiger partial charge in [-0.2, -0.15) is 0 Å². The van der Waals surface area contributed by atoms with Gasteiger partial charge in [0.15, 0.2) is 0 Å². The van der Waals surface area contributed by atoms with E-state index < -0.39 is 0 Å². The van der Waals surface area contributed by atoms with E-state index in [1.54, 1.807) is 0 Å². The molecule has 0 aromatic carbocycles.